The second kappa shape index (κ2) is 8.20. The summed E-state index contributed by atoms with van der Waals surface area (Å²) in [7, 11) is 1.81. The van der Waals surface area contributed by atoms with Gasteiger partial charge in [-0.2, -0.15) is 0 Å². The van der Waals surface area contributed by atoms with Crippen molar-refractivity contribution in [1.82, 2.24) is 9.47 Å². The lowest BCUT2D eigenvalue weighted by atomic mass is 10.0. The number of fused-ring (bicyclic) bond motifs is 2. The SMILES string of the molecule is Cc1cc(C(C)(F)F)cc2c1cc(Cc1c(Cl)ccc(C(=O)N3CC4C(C3)C4C(=O)O)c1Cl)n2C. The van der Waals surface area contributed by atoms with Gasteiger partial charge in [-0.05, 0) is 60.2 Å². The molecular weight excluding hydrogens is 497 g/mol. The Labute approximate surface area is 211 Å². The zero-order chi connectivity index (χ0) is 25.4. The first-order chi connectivity index (χ1) is 16.4. The monoisotopic (exact) mass is 520 g/mol. The Morgan fingerprint density at radius 1 is 1.14 bits per heavy atom. The zero-order valence-electron chi connectivity index (χ0n) is 19.4. The molecule has 0 spiro atoms. The minimum atomic E-state index is -2.95. The molecule has 2 heterocycles. The molecular formula is C26H24Cl2F2N2O3. The summed E-state index contributed by atoms with van der Waals surface area (Å²) in [5.41, 5.74) is 3.10. The Bertz CT molecular complexity index is 1380. The van der Waals surface area contributed by atoms with Crippen LogP contribution >= 0.6 is 23.2 Å². The van der Waals surface area contributed by atoms with Gasteiger partial charge in [0.1, 0.15) is 0 Å². The van der Waals surface area contributed by atoms with Gasteiger partial charge in [0.25, 0.3) is 11.8 Å². The molecule has 2 aliphatic rings. The second-order valence-corrected chi connectivity index (χ2v) is 10.6. The van der Waals surface area contributed by atoms with Crippen molar-refractivity contribution in [3.63, 3.8) is 0 Å². The van der Waals surface area contributed by atoms with Crippen LogP contribution in [0.4, 0.5) is 8.78 Å². The van der Waals surface area contributed by atoms with E-state index in [0.717, 1.165) is 23.6 Å². The minimum absolute atomic E-state index is 0.00132. The van der Waals surface area contributed by atoms with E-state index in [1.807, 2.05) is 10.6 Å². The van der Waals surface area contributed by atoms with Gasteiger partial charge >= 0.3 is 5.97 Å². The summed E-state index contributed by atoms with van der Waals surface area (Å²) < 4.78 is 29.8. The molecule has 1 saturated carbocycles. The van der Waals surface area contributed by atoms with Crippen LogP contribution < -0.4 is 0 Å². The fourth-order valence-electron chi connectivity index (χ4n) is 5.42. The molecule has 1 amide bonds. The predicted octanol–water partition coefficient (Wildman–Crippen LogP) is 5.90. The summed E-state index contributed by atoms with van der Waals surface area (Å²) in [6, 6.07) is 8.16. The topological polar surface area (TPSA) is 62.5 Å². The van der Waals surface area contributed by atoms with Gasteiger partial charge in [0.15, 0.2) is 0 Å². The van der Waals surface area contributed by atoms with Crippen molar-refractivity contribution in [3.8, 4) is 0 Å². The number of carboxylic acids is 1. The van der Waals surface area contributed by atoms with Gasteiger partial charge < -0.3 is 14.6 Å². The molecule has 3 aromatic rings. The van der Waals surface area contributed by atoms with Gasteiger partial charge in [-0.3, -0.25) is 9.59 Å². The minimum Gasteiger partial charge on any atom is -0.481 e. The summed E-state index contributed by atoms with van der Waals surface area (Å²) in [5, 5.41) is 10.7. The number of carbonyl (C=O) groups is 2. The van der Waals surface area contributed by atoms with Crippen LogP contribution in [0.15, 0.2) is 30.3 Å². The predicted molar refractivity (Wildman–Crippen MR) is 131 cm³/mol. The molecule has 1 aliphatic heterocycles. The fraction of sp³-hybridized carbons (Fsp3) is 0.385. The molecule has 2 aromatic carbocycles. The van der Waals surface area contributed by atoms with Crippen LogP contribution in [0.1, 0.15) is 39.7 Å². The first kappa shape index (κ1) is 24.1. The highest BCUT2D eigenvalue weighted by Gasteiger charge is 2.60. The van der Waals surface area contributed by atoms with Crippen LogP contribution in [-0.2, 0) is 24.2 Å². The number of aliphatic carboxylic acids is 1. The van der Waals surface area contributed by atoms with Crippen molar-refractivity contribution in [2.24, 2.45) is 24.8 Å². The molecule has 0 bridgehead atoms. The van der Waals surface area contributed by atoms with E-state index in [9.17, 15) is 23.5 Å². The van der Waals surface area contributed by atoms with Gasteiger partial charge in [0.2, 0.25) is 0 Å². The van der Waals surface area contributed by atoms with E-state index in [2.05, 4.69) is 0 Å². The van der Waals surface area contributed by atoms with Gasteiger partial charge in [-0.15, -0.1) is 0 Å². The third-order valence-corrected chi connectivity index (χ3v) is 8.30. The van der Waals surface area contributed by atoms with E-state index < -0.39 is 11.9 Å². The number of hydrogen-bond donors (Lipinski definition) is 1. The van der Waals surface area contributed by atoms with Gasteiger partial charge in [-0.1, -0.05) is 23.2 Å². The maximum Gasteiger partial charge on any atom is 0.307 e. The van der Waals surface area contributed by atoms with E-state index in [4.69, 9.17) is 23.2 Å². The molecule has 2 atom stereocenters. The van der Waals surface area contributed by atoms with Crippen LogP contribution in [0.3, 0.4) is 0 Å². The van der Waals surface area contributed by atoms with E-state index in [1.165, 1.54) is 12.1 Å². The largest absolute Gasteiger partial charge is 0.481 e. The molecule has 184 valence electrons. The first-order valence-corrected chi connectivity index (χ1v) is 12.1. The molecule has 5 nitrogen and oxygen atoms in total. The molecule has 1 aromatic heterocycles. The zero-order valence-corrected chi connectivity index (χ0v) is 20.9. The number of amides is 1. The van der Waals surface area contributed by atoms with Gasteiger partial charge in [0.05, 0.1) is 16.5 Å². The molecule has 2 fully saturated rings. The Morgan fingerprint density at radius 3 is 2.40 bits per heavy atom. The number of hydrogen-bond acceptors (Lipinski definition) is 2. The highest BCUT2D eigenvalue weighted by Crippen LogP contribution is 2.52. The Kier molecular flexibility index (Phi) is 5.64. The molecule has 0 radical (unpaired) electrons. The number of rotatable bonds is 5. The van der Waals surface area contributed by atoms with Crippen LogP contribution in [-0.4, -0.2) is 39.5 Å². The summed E-state index contributed by atoms with van der Waals surface area (Å²) in [4.78, 5) is 26.1. The van der Waals surface area contributed by atoms with Crippen molar-refractivity contribution in [1.29, 1.82) is 0 Å². The van der Waals surface area contributed by atoms with Gasteiger partial charge in [-0.25, -0.2) is 8.78 Å². The average Bonchev–Trinajstić information content (AvgIpc) is 3.11. The lowest BCUT2D eigenvalue weighted by Crippen LogP contribution is -2.32. The smallest absolute Gasteiger partial charge is 0.307 e. The molecule has 1 saturated heterocycles. The number of nitrogens with zero attached hydrogens (tertiary/aromatic N) is 2. The summed E-state index contributed by atoms with van der Waals surface area (Å²) >= 11 is 13.2. The number of carboxylic acid groups (broad SMARTS) is 1. The first-order valence-electron chi connectivity index (χ1n) is 11.3. The van der Waals surface area contributed by atoms with E-state index in [0.29, 0.717) is 41.2 Å². The molecule has 9 heteroatoms. The van der Waals surface area contributed by atoms with Crippen molar-refractivity contribution < 1.29 is 23.5 Å². The Hall–Kier alpha value is -2.64. The number of aryl methyl sites for hydroxylation is 2. The quantitative estimate of drug-likeness (QED) is 0.455. The van der Waals surface area contributed by atoms with E-state index >= 15 is 0 Å². The third-order valence-electron chi connectivity index (χ3n) is 7.52. The maximum atomic E-state index is 14.0. The highest BCUT2D eigenvalue weighted by atomic mass is 35.5. The highest BCUT2D eigenvalue weighted by molar-refractivity contribution is 6.38. The second-order valence-electron chi connectivity index (χ2n) is 9.78. The molecule has 1 aliphatic carbocycles. The molecule has 2 unspecified atom stereocenters. The van der Waals surface area contributed by atoms with Crippen LogP contribution in [0, 0.1) is 24.7 Å². The summed E-state index contributed by atoms with van der Waals surface area (Å²) in [5.74, 6) is -4.36. The van der Waals surface area contributed by atoms with Gasteiger partial charge in [0, 0.05) is 60.7 Å². The Morgan fingerprint density at radius 2 is 1.80 bits per heavy atom. The number of aromatic nitrogens is 1. The number of piperidine rings is 1. The Balaban J connectivity index is 1.45. The van der Waals surface area contributed by atoms with Crippen molar-refractivity contribution in [2.75, 3.05) is 13.1 Å². The summed E-state index contributed by atoms with van der Waals surface area (Å²) in [6.07, 6.45) is 0.313. The molecule has 1 N–H and O–H groups in total. The molecule has 5 rings (SSSR count). The van der Waals surface area contributed by atoms with Crippen molar-refractivity contribution >= 4 is 46.0 Å². The number of alkyl halides is 2. The average molecular weight is 521 g/mol. The standard InChI is InChI=1S/C26H24Cl2F2N2O3/c1-12-6-13(26(2,29)30)7-21-16(12)8-14(31(21)3)9-17-20(27)5-4-15(23(17)28)24(33)32-10-18-19(11-32)22(18)25(34)35/h4-8,18-19,22H,9-11H2,1-3H3,(H,34,35). The number of halogens is 4. The maximum absolute atomic E-state index is 14.0. The summed E-state index contributed by atoms with van der Waals surface area (Å²) in [6.45, 7) is 3.49. The van der Waals surface area contributed by atoms with Crippen LogP contribution in [0.2, 0.25) is 10.0 Å². The fourth-order valence-corrected chi connectivity index (χ4v) is 6.01. The van der Waals surface area contributed by atoms with Crippen LogP contribution in [0.5, 0.6) is 0 Å². The normalized spacial score (nSPS) is 21.5. The van der Waals surface area contributed by atoms with Crippen molar-refractivity contribution in [2.45, 2.75) is 26.2 Å². The number of benzene rings is 2. The van der Waals surface area contributed by atoms with Crippen molar-refractivity contribution in [3.05, 3.63) is 68.3 Å². The van der Waals surface area contributed by atoms with E-state index in [1.54, 1.807) is 31.0 Å². The lowest BCUT2D eigenvalue weighted by Gasteiger charge is -2.21. The van der Waals surface area contributed by atoms with Crippen LogP contribution in [0.25, 0.3) is 10.9 Å². The molecule has 35 heavy (non-hydrogen) atoms. The number of carbonyl (C=O) groups excluding carboxylic acids is 1. The van der Waals surface area contributed by atoms with E-state index in [-0.39, 0.29) is 34.2 Å². The third kappa shape index (κ3) is 3.99. The number of likely N-dealkylation sites (tertiary alicyclic amines) is 1. The lowest BCUT2D eigenvalue weighted by molar-refractivity contribution is -0.139.